The summed E-state index contributed by atoms with van der Waals surface area (Å²) in [5.41, 5.74) is 3.64. The highest BCUT2D eigenvalue weighted by atomic mass is 35.5. The Labute approximate surface area is 242 Å². The van der Waals surface area contributed by atoms with Gasteiger partial charge in [-0.15, -0.1) is 0 Å². The van der Waals surface area contributed by atoms with Crippen LogP contribution < -0.4 is 9.80 Å². The van der Waals surface area contributed by atoms with Gasteiger partial charge in [0.15, 0.2) is 6.10 Å². The fraction of sp³-hybridized carbons (Fsp3) is 0.147. The Morgan fingerprint density at radius 2 is 1.27 bits per heavy atom. The Hall–Kier alpha value is -4.68. The Morgan fingerprint density at radius 1 is 0.707 bits per heavy atom. The van der Waals surface area contributed by atoms with Gasteiger partial charge in [-0.2, -0.15) is 0 Å². The van der Waals surface area contributed by atoms with Crippen molar-refractivity contribution in [3.05, 3.63) is 137 Å². The van der Waals surface area contributed by atoms with E-state index in [9.17, 15) is 14.4 Å². The Balaban J connectivity index is 1.33. The molecule has 0 aromatic heterocycles. The molecule has 2 amide bonds. The van der Waals surface area contributed by atoms with Crippen molar-refractivity contribution >= 4 is 46.8 Å². The van der Waals surface area contributed by atoms with Crippen LogP contribution in [0.3, 0.4) is 0 Å². The van der Waals surface area contributed by atoms with Crippen LogP contribution in [0.5, 0.6) is 0 Å². The normalized spacial score (nSPS) is 22.5. The second-order valence-corrected chi connectivity index (χ2v) is 10.8. The summed E-state index contributed by atoms with van der Waals surface area (Å²) >= 11 is 6.44. The van der Waals surface area contributed by atoms with Crippen LogP contribution >= 0.6 is 11.6 Å². The first-order valence-corrected chi connectivity index (χ1v) is 13.9. The second kappa shape index (κ2) is 10.1. The number of carbonyl (C=O) groups is 3. The molecule has 3 aliphatic rings. The molecule has 0 unspecified atom stereocenters. The van der Waals surface area contributed by atoms with Gasteiger partial charge in [0.1, 0.15) is 6.04 Å². The number of hydrogen-bond acceptors (Lipinski definition) is 5. The van der Waals surface area contributed by atoms with Gasteiger partial charge in [0, 0.05) is 5.69 Å². The second-order valence-electron chi connectivity index (χ2n) is 10.4. The summed E-state index contributed by atoms with van der Waals surface area (Å²) in [6.45, 7) is 0. The highest BCUT2D eigenvalue weighted by molar-refractivity contribution is 6.36. The molecular formula is C34H25ClN2O4. The van der Waals surface area contributed by atoms with Gasteiger partial charge >= 0.3 is 5.97 Å². The summed E-state index contributed by atoms with van der Waals surface area (Å²) < 4.78 is 6.31. The van der Waals surface area contributed by atoms with E-state index in [1.54, 1.807) is 24.3 Å². The van der Waals surface area contributed by atoms with Crippen molar-refractivity contribution in [2.24, 2.45) is 11.8 Å². The third-order valence-corrected chi connectivity index (χ3v) is 8.51. The van der Waals surface area contributed by atoms with Gasteiger partial charge in [0.05, 0.1) is 28.6 Å². The maximum absolute atomic E-state index is 14.4. The molecule has 0 N–H and O–H groups in total. The summed E-state index contributed by atoms with van der Waals surface area (Å²) in [5.74, 6) is -3.10. The summed E-state index contributed by atoms with van der Waals surface area (Å²) in [6, 6.07) is 32.0. The number of benzene rings is 4. The van der Waals surface area contributed by atoms with Gasteiger partial charge in [-0.05, 0) is 34.9 Å². The van der Waals surface area contributed by atoms with Crippen molar-refractivity contribution in [1.82, 2.24) is 0 Å². The van der Waals surface area contributed by atoms with Gasteiger partial charge in [-0.3, -0.25) is 9.59 Å². The molecule has 202 valence electrons. The van der Waals surface area contributed by atoms with E-state index in [-0.39, 0.29) is 5.91 Å². The van der Waals surface area contributed by atoms with E-state index < -0.39 is 41.9 Å². The lowest BCUT2D eigenvalue weighted by Gasteiger charge is -2.36. The lowest BCUT2D eigenvalue weighted by atomic mass is 9.88. The summed E-state index contributed by atoms with van der Waals surface area (Å²) in [7, 11) is 0. The van der Waals surface area contributed by atoms with Crippen molar-refractivity contribution in [1.29, 1.82) is 0 Å². The van der Waals surface area contributed by atoms with Crippen molar-refractivity contribution in [3.63, 3.8) is 0 Å². The first-order valence-electron chi connectivity index (χ1n) is 13.5. The molecule has 7 rings (SSSR count). The van der Waals surface area contributed by atoms with Gasteiger partial charge in [0.2, 0.25) is 11.8 Å². The molecule has 2 saturated heterocycles. The van der Waals surface area contributed by atoms with Gasteiger partial charge in [0.25, 0.3) is 0 Å². The fourth-order valence-corrected chi connectivity index (χ4v) is 6.65. The zero-order valence-electron chi connectivity index (χ0n) is 21.8. The summed E-state index contributed by atoms with van der Waals surface area (Å²) in [5, 5.41) is 0.294. The third kappa shape index (κ3) is 4.06. The van der Waals surface area contributed by atoms with Crippen molar-refractivity contribution < 1.29 is 19.1 Å². The van der Waals surface area contributed by atoms with Crippen LogP contribution in [-0.2, 0) is 19.1 Å². The molecule has 2 fully saturated rings. The first kappa shape index (κ1) is 25.3. The lowest BCUT2D eigenvalue weighted by molar-refractivity contribution is -0.151. The number of rotatable bonds is 5. The molecule has 4 aromatic rings. The van der Waals surface area contributed by atoms with Crippen molar-refractivity contribution in [2.75, 3.05) is 9.80 Å². The number of ether oxygens (including phenoxy) is 1. The molecule has 7 heteroatoms. The van der Waals surface area contributed by atoms with Crippen LogP contribution in [0, 0.1) is 11.8 Å². The van der Waals surface area contributed by atoms with Crippen molar-refractivity contribution in [2.45, 2.75) is 18.2 Å². The third-order valence-electron chi connectivity index (χ3n) is 8.19. The van der Waals surface area contributed by atoms with Crippen LogP contribution in [0.25, 0.3) is 6.08 Å². The van der Waals surface area contributed by atoms with Gasteiger partial charge in [-0.25, -0.2) is 9.69 Å². The predicted molar refractivity (Wildman–Crippen MR) is 157 cm³/mol. The highest BCUT2D eigenvalue weighted by Crippen LogP contribution is 2.50. The average molecular weight is 561 g/mol. The van der Waals surface area contributed by atoms with Crippen LogP contribution in [0.2, 0.25) is 5.02 Å². The number of esters is 1. The van der Waals surface area contributed by atoms with Crippen LogP contribution in [0.1, 0.15) is 22.8 Å². The quantitative estimate of drug-likeness (QED) is 0.219. The Morgan fingerprint density at radius 3 is 1.93 bits per heavy atom. The van der Waals surface area contributed by atoms with E-state index in [0.29, 0.717) is 10.7 Å². The zero-order chi connectivity index (χ0) is 28.1. The van der Waals surface area contributed by atoms with E-state index in [1.807, 2.05) is 102 Å². The summed E-state index contributed by atoms with van der Waals surface area (Å²) in [6.07, 6.45) is 3.18. The minimum Gasteiger partial charge on any atom is -0.451 e. The number of nitrogens with zero attached hydrogens (tertiary/aromatic N) is 2. The smallest absolute Gasteiger partial charge is 0.330 e. The molecular weight excluding hydrogens is 536 g/mol. The predicted octanol–water partition coefficient (Wildman–Crippen LogP) is 6.06. The molecule has 3 heterocycles. The van der Waals surface area contributed by atoms with Gasteiger partial charge < -0.3 is 9.64 Å². The molecule has 4 aromatic carbocycles. The zero-order valence-corrected chi connectivity index (χ0v) is 22.6. The van der Waals surface area contributed by atoms with E-state index in [2.05, 4.69) is 0 Å². The molecule has 6 nitrogen and oxygen atoms in total. The van der Waals surface area contributed by atoms with Crippen LogP contribution in [0.4, 0.5) is 11.4 Å². The number of hydrogen-bond donors (Lipinski definition) is 0. The minimum absolute atomic E-state index is 0.294. The molecule has 0 saturated carbocycles. The highest BCUT2D eigenvalue weighted by Gasteiger charge is 2.65. The topological polar surface area (TPSA) is 66.9 Å². The van der Waals surface area contributed by atoms with Crippen LogP contribution in [-0.4, -0.2) is 29.9 Å². The monoisotopic (exact) mass is 560 g/mol. The number of imide groups is 1. The number of halogens is 1. The number of para-hydroxylation sites is 2. The summed E-state index contributed by atoms with van der Waals surface area (Å²) in [4.78, 5) is 45.5. The molecule has 0 radical (unpaired) electrons. The number of fused-ring (bicyclic) bond motifs is 5. The number of amides is 2. The largest absolute Gasteiger partial charge is 0.451 e. The van der Waals surface area contributed by atoms with Crippen LogP contribution in [0.15, 0.2) is 115 Å². The van der Waals surface area contributed by atoms with Gasteiger partial charge in [-0.1, -0.05) is 115 Å². The number of carbonyl (C=O) groups excluding carboxylic acids is 3. The maximum Gasteiger partial charge on any atom is 0.330 e. The molecule has 41 heavy (non-hydrogen) atoms. The number of anilines is 2. The maximum atomic E-state index is 14.4. The van der Waals surface area contributed by atoms with E-state index in [4.69, 9.17) is 16.3 Å². The SMILES string of the molecule is O=C(OC(c1ccccc1)c1ccccc1)[C@@H]1[C@@H]2C(=O)N(c3ccccc3Cl)C(=O)[C@H]2[C@H]2C=Cc3ccccc3N21. The molecule has 4 atom stereocenters. The molecule has 0 aliphatic carbocycles. The molecule has 0 spiro atoms. The average Bonchev–Trinajstić information content (AvgIpc) is 3.49. The van der Waals surface area contributed by atoms with E-state index in [1.165, 1.54) is 0 Å². The Bertz CT molecular complexity index is 1650. The first-order chi connectivity index (χ1) is 20.0. The van der Waals surface area contributed by atoms with E-state index >= 15 is 0 Å². The lowest BCUT2D eigenvalue weighted by Crippen LogP contribution is -2.49. The standard InChI is InChI=1S/C34H25ClN2O4/c35-24-16-8-10-18-26(24)37-32(38)28-27-20-19-21-11-7-9-17-25(21)36(27)30(29(28)33(37)39)34(40)41-31(22-12-3-1-4-13-22)23-14-5-2-6-15-23/h1-20,27-31H/t27-,28+,29-,30+/m1/s1. The Kier molecular flexibility index (Phi) is 6.20. The fourth-order valence-electron chi connectivity index (χ4n) is 6.42. The molecule has 3 aliphatic heterocycles. The van der Waals surface area contributed by atoms with E-state index in [0.717, 1.165) is 27.3 Å². The molecule has 0 bridgehead atoms. The minimum atomic E-state index is -1.02. The van der Waals surface area contributed by atoms with Crippen molar-refractivity contribution in [3.8, 4) is 0 Å².